The molecule has 12 heteroatoms. The molecular formula is C24H56O8Si4. The van der Waals surface area contributed by atoms with Crippen LogP contribution < -0.4 is 0 Å². The minimum atomic E-state index is -2.81. The van der Waals surface area contributed by atoms with Gasteiger partial charge in [-0.15, -0.1) is 0 Å². The summed E-state index contributed by atoms with van der Waals surface area (Å²) >= 11 is 0. The molecule has 0 saturated carbocycles. The van der Waals surface area contributed by atoms with Crippen molar-refractivity contribution in [2.24, 2.45) is 0 Å². The highest BCUT2D eigenvalue weighted by Gasteiger charge is 2.58. The third kappa shape index (κ3) is 14.1. The Morgan fingerprint density at radius 1 is 0.389 bits per heavy atom. The van der Waals surface area contributed by atoms with E-state index in [1.165, 1.54) is 0 Å². The van der Waals surface area contributed by atoms with E-state index in [1.807, 2.05) is 0 Å². The fraction of sp³-hybridized carbons (Fsp3) is 1.00. The van der Waals surface area contributed by atoms with Crippen molar-refractivity contribution < 1.29 is 35.4 Å². The first-order chi connectivity index (χ1) is 17.1. The summed E-state index contributed by atoms with van der Waals surface area (Å²) in [6.07, 6.45) is 10.2. The standard InChI is InChI=1S/C24H56O8Si4/c1-9-13-17-25-21-33(5)29-34(6,22-26-18-14-10-2)31-36(8,24-28-20-16-12-4)32-35(7,30-33)23-27-19-15-11-3/h9-24H2,1-8H3. The van der Waals surface area contributed by atoms with E-state index >= 15 is 0 Å². The first-order valence-electron chi connectivity index (χ1n) is 14.2. The lowest BCUT2D eigenvalue weighted by Gasteiger charge is -2.49. The number of rotatable bonds is 20. The minimum Gasteiger partial charge on any atom is -0.413 e. The highest BCUT2D eigenvalue weighted by atomic mass is 28.5. The van der Waals surface area contributed by atoms with Gasteiger partial charge in [0.1, 0.15) is 0 Å². The van der Waals surface area contributed by atoms with Crippen molar-refractivity contribution in [2.75, 3.05) is 51.3 Å². The quantitative estimate of drug-likeness (QED) is 0.132. The third-order valence-corrected chi connectivity index (χ3v) is 22.5. The highest BCUT2D eigenvalue weighted by Crippen LogP contribution is 2.32. The molecule has 0 unspecified atom stereocenters. The van der Waals surface area contributed by atoms with Crippen LogP contribution in [0.5, 0.6) is 0 Å². The van der Waals surface area contributed by atoms with Crippen LogP contribution in [0.3, 0.4) is 0 Å². The third-order valence-electron chi connectivity index (χ3n) is 5.75. The van der Waals surface area contributed by atoms with E-state index in [9.17, 15) is 0 Å². The molecule has 1 heterocycles. The molecule has 0 radical (unpaired) electrons. The van der Waals surface area contributed by atoms with Gasteiger partial charge in [0.2, 0.25) is 0 Å². The normalized spacial score (nSPS) is 31.3. The van der Waals surface area contributed by atoms with E-state index in [4.69, 9.17) is 35.4 Å². The Morgan fingerprint density at radius 2 is 0.583 bits per heavy atom. The zero-order valence-electron chi connectivity index (χ0n) is 24.6. The zero-order chi connectivity index (χ0) is 27.0. The molecule has 8 nitrogen and oxygen atoms in total. The Bertz CT molecular complexity index is 468. The summed E-state index contributed by atoms with van der Waals surface area (Å²) in [5, 5.41) is 0. The molecule has 0 aromatic rings. The molecule has 1 rings (SSSR count). The molecule has 1 saturated heterocycles. The van der Waals surface area contributed by atoms with Crippen LogP contribution in [0.25, 0.3) is 0 Å². The number of hydrogen-bond acceptors (Lipinski definition) is 8. The minimum absolute atomic E-state index is 0.445. The van der Waals surface area contributed by atoms with Gasteiger partial charge in [0.15, 0.2) is 0 Å². The molecule has 216 valence electrons. The van der Waals surface area contributed by atoms with Crippen molar-refractivity contribution in [1.82, 2.24) is 0 Å². The average Bonchev–Trinajstić information content (AvgIpc) is 2.79. The van der Waals surface area contributed by atoms with Crippen LogP contribution in [0, 0.1) is 0 Å². The number of unbranched alkanes of at least 4 members (excludes halogenated alkanes) is 4. The van der Waals surface area contributed by atoms with Crippen LogP contribution in [0.1, 0.15) is 79.1 Å². The summed E-state index contributed by atoms with van der Waals surface area (Å²) in [7, 11) is -11.2. The topological polar surface area (TPSA) is 73.8 Å². The monoisotopic (exact) mass is 584 g/mol. The Morgan fingerprint density at radius 3 is 0.750 bits per heavy atom. The van der Waals surface area contributed by atoms with E-state index in [2.05, 4.69) is 53.9 Å². The SMILES string of the molecule is CCCCOC[Si]1(C)O[Si](C)(COCCCC)O[Si](C)(COCCCC)O[Si](C)(COCCCC)O1. The molecule has 0 spiro atoms. The Kier molecular flexibility index (Phi) is 17.3. The van der Waals surface area contributed by atoms with Gasteiger partial charge < -0.3 is 35.4 Å². The van der Waals surface area contributed by atoms with E-state index in [0.29, 0.717) is 51.3 Å². The predicted octanol–water partition coefficient (Wildman–Crippen LogP) is 5.78. The summed E-state index contributed by atoms with van der Waals surface area (Å²) in [6, 6.07) is 0. The van der Waals surface area contributed by atoms with Crippen molar-refractivity contribution in [3.05, 3.63) is 0 Å². The maximum Gasteiger partial charge on any atom is 0.344 e. The van der Waals surface area contributed by atoms with Gasteiger partial charge in [-0.1, -0.05) is 53.4 Å². The second-order valence-electron chi connectivity index (χ2n) is 10.6. The highest BCUT2D eigenvalue weighted by molar-refractivity contribution is 6.93. The second kappa shape index (κ2) is 18.0. The summed E-state index contributed by atoms with van der Waals surface area (Å²) in [5.74, 6) is 0. The molecule has 0 aliphatic carbocycles. The largest absolute Gasteiger partial charge is 0.413 e. The van der Waals surface area contributed by atoms with Gasteiger partial charge in [0.05, 0.1) is 24.9 Å². The van der Waals surface area contributed by atoms with Gasteiger partial charge in [-0.05, 0) is 51.9 Å². The summed E-state index contributed by atoms with van der Waals surface area (Å²) in [5.41, 5.74) is 0. The fourth-order valence-electron chi connectivity index (χ4n) is 4.16. The van der Waals surface area contributed by atoms with Crippen molar-refractivity contribution in [3.63, 3.8) is 0 Å². The van der Waals surface area contributed by atoms with E-state index < -0.39 is 34.2 Å². The lowest BCUT2D eigenvalue weighted by molar-refractivity contribution is 0.0881. The van der Waals surface area contributed by atoms with Gasteiger partial charge in [0, 0.05) is 26.4 Å². The van der Waals surface area contributed by atoms with Crippen molar-refractivity contribution >= 4 is 34.2 Å². The Labute approximate surface area is 226 Å². The van der Waals surface area contributed by atoms with Gasteiger partial charge in [-0.2, -0.15) is 0 Å². The van der Waals surface area contributed by atoms with Gasteiger partial charge >= 0.3 is 34.2 Å². The van der Waals surface area contributed by atoms with Crippen LogP contribution in [-0.4, -0.2) is 85.6 Å². The van der Waals surface area contributed by atoms with E-state index in [1.54, 1.807) is 0 Å². The maximum absolute atomic E-state index is 6.93. The number of hydrogen-bond donors (Lipinski definition) is 0. The Balaban J connectivity index is 3.18. The van der Waals surface area contributed by atoms with Crippen molar-refractivity contribution in [2.45, 2.75) is 105 Å². The first-order valence-corrected chi connectivity index (χ1v) is 24.3. The number of ether oxygens (including phenoxy) is 4. The zero-order valence-corrected chi connectivity index (χ0v) is 28.6. The van der Waals surface area contributed by atoms with Gasteiger partial charge in [0.25, 0.3) is 0 Å². The Hall–Kier alpha value is 0.548. The lowest BCUT2D eigenvalue weighted by Crippen LogP contribution is -2.72. The molecule has 0 aromatic heterocycles. The van der Waals surface area contributed by atoms with Crippen LogP contribution in [0.4, 0.5) is 0 Å². The molecule has 36 heavy (non-hydrogen) atoms. The molecule has 0 amide bonds. The molecule has 1 fully saturated rings. The lowest BCUT2D eigenvalue weighted by atomic mass is 10.4. The van der Waals surface area contributed by atoms with Crippen LogP contribution >= 0.6 is 0 Å². The predicted molar refractivity (Wildman–Crippen MR) is 154 cm³/mol. The average molecular weight is 585 g/mol. The molecular weight excluding hydrogens is 529 g/mol. The van der Waals surface area contributed by atoms with Crippen LogP contribution in [0.15, 0.2) is 0 Å². The maximum atomic E-state index is 6.93. The van der Waals surface area contributed by atoms with Crippen LogP contribution in [-0.2, 0) is 35.4 Å². The van der Waals surface area contributed by atoms with Crippen molar-refractivity contribution in [3.8, 4) is 0 Å². The first kappa shape index (κ1) is 34.6. The summed E-state index contributed by atoms with van der Waals surface area (Å²) in [4.78, 5) is 0. The summed E-state index contributed by atoms with van der Waals surface area (Å²) in [6.45, 7) is 19.8. The van der Waals surface area contributed by atoms with Gasteiger partial charge in [-0.3, -0.25) is 0 Å². The molecule has 0 bridgehead atoms. The molecule has 0 N–H and O–H groups in total. The second-order valence-corrected chi connectivity index (χ2v) is 24.1. The van der Waals surface area contributed by atoms with E-state index in [-0.39, 0.29) is 0 Å². The molecule has 1 aliphatic rings. The molecule has 0 atom stereocenters. The van der Waals surface area contributed by atoms with Gasteiger partial charge in [-0.25, -0.2) is 0 Å². The van der Waals surface area contributed by atoms with Crippen molar-refractivity contribution in [1.29, 1.82) is 0 Å². The fourth-order valence-corrected chi connectivity index (χ4v) is 24.9. The summed E-state index contributed by atoms with van der Waals surface area (Å²) < 4.78 is 52.1. The van der Waals surface area contributed by atoms with Crippen LogP contribution in [0.2, 0.25) is 26.2 Å². The van der Waals surface area contributed by atoms with E-state index in [0.717, 1.165) is 51.4 Å². The smallest absolute Gasteiger partial charge is 0.344 e. The molecule has 1 aliphatic heterocycles. The molecule has 0 aromatic carbocycles.